The number of hydrogen-bond donors (Lipinski definition) is 2. The number of allylic oxidation sites excluding steroid dienone is 4. The van der Waals surface area contributed by atoms with Crippen molar-refractivity contribution < 1.29 is 4.39 Å². The zero-order chi connectivity index (χ0) is 27.7. The molecule has 0 heterocycles. The minimum Gasteiger partial charge on any atom is -0.255 e. The van der Waals surface area contributed by atoms with Crippen LogP contribution in [0.15, 0.2) is 113 Å². The normalized spacial score (nSPS) is 12.1. The molecule has 0 saturated carbocycles. The summed E-state index contributed by atoms with van der Waals surface area (Å²) in [5, 5.41) is 0. The number of fused-ring (bicyclic) bond motifs is 3. The molecule has 0 bridgehead atoms. The molecule has 0 amide bonds. The molecule has 36 heavy (non-hydrogen) atoms. The Morgan fingerprint density at radius 2 is 1.14 bits per heavy atom. The van der Waals surface area contributed by atoms with E-state index in [1.165, 1.54) is 33.4 Å². The standard InChI is InChI=1S/C26H22S2.3C2H6.CH3F/c1-3-19(13-12-18(2)27)26(20-14-16-21(28)17-15-20)24-10-6-4-8-22(24)23-9-5-7-11-25(23)26;4*1-2/h3-17,27-28H,2H2,1H3;3*1-2H3;1H3/b13-12-,19-3+;;;;. The minimum absolute atomic E-state index is 0.386. The lowest BCUT2D eigenvalue weighted by Crippen LogP contribution is -2.29. The SMILES string of the molecule is C=C(S)/C=C\C(=C/C)C1(c2ccc(S)cc2)c2ccccc2-c2ccccc21.CC.CC.CC.CF. The first-order valence-electron chi connectivity index (χ1n) is 12.7. The van der Waals surface area contributed by atoms with E-state index in [-0.39, 0.29) is 5.41 Å². The zero-order valence-corrected chi connectivity index (χ0v) is 24.9. The summed E-state index contributed by atoms with van der Waals surface area (Å²) < 4.78 is 9.50. The van der Waals surface area contributed by atoms with Crippen molar-refractivity contribution in [3.05, 3.63) is 125 Å². The second-order valence-electron chi connectivity index (χ2n) is 6.96. The summed E-state index contributed by atoms with van der Waals surface area (Å²) in [4.78, 5) is 1.69. The number of halogens is 1. The van der Waals surface area contributed by atoms with Gasteiger partial charge in [0.2, 0.25) is 0 Å². The fourth-order valence-corrected chi connectivity index (χ4v) is 4.58. The van der Waals surface area contributed by atoms with E-state index in [1.807, 2.05) is 47.6 Å². The number of thiol groups is 2. The topological polar surface area (TPSA) is 0 Å². The van der Waals surface area contributed by atoms with Gasteiger partial charge in [0.05, 0.1) is 12.6 Å². The third-order valence-electron chi connectivity index (χ3n) is 5.45. The molecule has 1 aliphatic carbocycles. The molecule has 3 aromatic carbocycles. The third-order valence-corrected chi connectivity index (χ3v) is 5.90. The molecule has 0 aromatic heterocycles. The van der Waals surface area contributed by atoms with Gasteiger partial charge in [0.15, 0.2) is 0 Å². The second-order valence-corrected chi connectivity index (χ2v) is 8.05. The molecule has 3 heteroatoms. The third kappa shape index (κ3) is 7.05. The van der Waals surface area contributed by atoms with Crippen LogP contribution in [-0.2, 0) is 5.41 Å². The first kappa shape index (κ1) is 33.5. The predicted molar refractivity (Wildman–Crippen MR) is 168 cm³/mol. The molecule has 0 spiro atoms. The van der Waals surface area contributed by atoms with Crippen LogP contribution in [0.1, 0.15) is 65.2 Å². The highest BCUT2D eigenvalue weighted by molar-refractivity contribution is 7.84. The summed E-state index contributed by atoms with van der Waals surface area (Å²) in [5.41, 5.74) is 7.20. The lowest BCUT2D eigenvalue weighted by Gasteiger charge is -2.34. The van der Waals surface area contributed by atoms with Gasteiger partial charge in [-0.25, -0.2) is 0 Å². The van der Waals surface area contributed by atoms with Crippen LogP contribution in [0, 0.1) is 0 Å². The maximum atomic E-state index is 9.50. The summed E-state index contributed by atoms with van der Waals surface area (Å²) in [5.74, 6) is 0. The van der Waals surface area contributed by atoms with Crippen LogP contribution < -0.4 is 0 Å². The maximum Gasteiger partial charge on any atom is 0.0785 e. The molecule has 194 valence electrons. The molecule has 0 nitrogen and oxygen atoms in total. The molecular formula is C33H43FS2. The van der Waals surface area contributed by atoms with Gasteiger partial charge in [-0.1, -0.05) is 121 Å². The van der Waals surface area contributed by atoms with E-state index in [0.29, 0.717) is 7.18 Å². The number of hydrogen-bond acceptors (Lipinski definition) is 2. The Hall–Kier alpha value is -2.49. The Kier molecular flexibility index (Phi) is 16.6. The highest BCUT2D eigenvalue weighted by Crippen LogP contribution is 2.56. The van der Waals surface area contributed by atoms with Gasteiger partial charge in [-0.05, 0) is 63.4 Å². The van der Waals surface area contributed by atoms with Gasteiger partial charge in [-0.3, -0.25) is 4.39 Å². The highest BCUT2D eigenvalue weighted by atomic mass is 32.1. The maximum absolute atomic E-state index is 9.50. The smallest absolute Gasteiger partial charge is 0.0785 e. The van der Waals surface area contributed by atoms with Crippen molar-refractivity contribution in [1.82, 2.24) is 0 Å². The van der Waals surface area contributed by atoms with E-state index in [9.17, 15) is 4.39 Å². The van der Waals surface area contributed by atoms with E-state index >= 15 is 0 Å². The van der Waals surface area contributed by atoms with Crippen LogP contribution in [0.5, 0.6) is 0 Å². The number of alkyl halides is 1. The van der Waals surface area contributed by atoms with Gasteiger partial charge in [0, 0.05) is 4.90 Å². The van der Waals surface area contributed by atoms with Crippen LogP contribution in [-0.4, -0.2) is 7.18 Å². The van der Waals surface area contributed by atoms with Crippen molar-refractivity contribution in [2.24, 2.45) is 0 Å². The largest absolute Gasteiger partial charge is 0.255 e. The van der Waals surface area contributed by atoms with E-state index in [4.69, 9.17) is 0 Å². The molecule has 0 radical (unpaired) electrons. The Morgan fingerprint density at radius 1 is 0.722 bits per heavy atom. The highest BCUT2D eigenvalue weighted by Gasteiger charge is 2.46. The van der Waals surface area contributed by atoms with Crippen LogP contribution >= 0.6 is 25.3 Å². The quantitative estimate of drug-likeness (QED) is 0.247. The van der Waals surface area contributed by atoms with Crippen molar-refractivity contribution >= 4 is 25.3 Å². The van der Waals surface area contributed by atoms with Crippen LogP contribution in [0.3, 0.4) is 0 Å². The molecule has 0 aliphatic heterocycles. The molecule has 0 unspecified atom stereocenters. The van der Waals surface area contributed by atoms with E-state index in [2.05, 4.69) is 124 Å². The molecule has 1 aliphatic rings. The predicted octanol–water partition coefficient (Wildman–Crippen LogP) is 10.9. The summed E-state index contributed by atoms with van der Waals surface area (Å²) >= 11 is 8.88. The fourth-order valence-electron chi connectivity index (χ4n) is 4.36. The van der Waals surface area contributed by atoms with Gasteiger partial charge < -0.3 is 0 Å². The van der Waals surface area contributed by atoms with Gasteiger partial charge in [-0.2, -0.15) is 0 Å². The number of rotatable bonds is 4. The van der Waals surface area contributed by atoms with E-state index < -0.39 is 0 Å². The Labute approximate surface area is 230 Å². The molecule has 4 rings (SSSR count). The van der Waals surface area contributed by atoms with Crippen LogP contribution in [0.25, 0.3) is 11.1 Å². The first-order chi connectivity index (χ1) is 17.6. The van der Waals surface area contributed by atoms with Gasteiger partial charge in [0.1, 0.15) is 0 Å². The fraction of sp³-hybridized carbons (Fsp3) is 0.273. The average molecular weight is 523 g/mol. The van der Waals surface area contributed by atoms with Crippen molar-refractivity contribution in [2.45, 2.75) is 58.8 Å². The van der Waals surface area contributed by atoms with Crippen molar-refractivity contribution in [2.75, 3.05) is 7.18 Å². The lowest BCUT2D eigenvalue weighted by atomic mass is 9.67. The molecule has 0 N–H and O–H groups in total. The summed E-state index contributed by atoms with van der Waals surface area (Å²) in [6.45, 7) is 18.0. The molecule has 0 fully saturated rings. The second kappa shape index (κ2) is 17.9. The minimum atomic E-state index is -0.386. The molecule has 0 saturated heterocycles. The summed E-state index contributed by atoms with van der Waals surface area (Å²) in [7, 11) is 0.500. The van der Waals surface area contributed by atoms with Crippen molar-refractivity contribution in [3.63, 3.8) is 0 Å². The van der Waals surface area contributed by atoms with Crippen LogP contribution in [0.2, 0.25) is 0 Å². The summed E-state index contributed by atoms with van der Waals surface area (Å²) in [6.07, 6.45) is 6.31. The average Bonchev–Trinajstić information content (AvgIpc) is 3.25. The molecular weight excluding hydrogens is 479 g/mol. The molecule has 3 aromatic rings. The summed E-state index contributed by atoms with van der Waals surface area (Å²) in [6, 6.07) is 25.9. The van der Waals surface area contributed by atoms with Crippen molar-refractivity contribution in [1.29, 1.82) is 0 Å². The van der Waals surface area contributed by atoms with Gasteiger partial charge >= 0.3 is 0 Å². The van der Waals surface area contributed by atoms with Crippen LogP contribution in [0.4, 0.5) is 4.39 Å². The van der Waals surface area contributed by atoms with Gasteiger partial charge in [-0.15, -0.1) is 25.3 Å². The van der Waals surface area contributed by atoms with E-state index in [1.54, 1.807) is 0 Å². The Morgan fingerprint density at radius 3 is 1.53 bits per heavy atom. The molecule has 0 atom stereocenters. The van der Waals surface area contributed by atoms with Crippen molar-refractivity contribution in [3.8, 4) is 11.1 Å². The lowest BCUT2D eigenvalue weighted by molar-refractivity contribution is 0.636. The monoisotopic (exact) mass is 522 g/mol. The Balaban J connectivity index is 0.00000140. The first-order valence-corrected chi connectivity index (χ1v) is 13.6. The number of benzene rings is 3. The van der Waals surface area contributed by atoms with Gasteiger partial charge in [0.25, 0.3) is 0 Å². The zero-order valence-electron chi connectivity index (χ0n) is 23.1. The van der Waals surface area contributed by atoms with E-state index in [0.717, 1.165) is 9.80 Å². The Bertz CT molecular complexity index is 1060.